The van der Waals surface area contributed by atoms with Gasteiger partial charge in [-0.2, -0.15) is 0 Å². The molecule has 3 aromatic carbocycles. The van der Waals surface area contributed by atoms with Crippen molar-refractivity contribution in [1.82, 2.24) is 0 Å². The molecule has 0 radical (unpaired) electrons. The van der Waals surface area contributed by atoms with Crippen LogP contribution in [0.4, 0.5) is 5.00 Å². The number of esters is 1. The molecule has 9 heteroatoms. The van der Waals surface area contributed by atoms with Crippen LogP contribution in [0.15, 0.2) is 88.1 Å². The third kappa shape index (κ3) is 5.78. The summed E-state index contributed by atoms with van der Waals surface area (Å²) < 4.78 is 17.1. The van der Waals surface area contributed by atoms with Crippen molar-refractivity contribution >= 4 is 50.8 Å². The first-order chi connectivity index (χ1) is 19.3. The van der Waals surface area contributed by atoms with E-state index in [4.69, 9.17) is 25.5 Å². The van der Waals surface area contributed by atoms with Gasteiger partial charge in [-0.25, -0.2) is 4.79 Å². The predicted molar refractivity (Wildman–Crippen MR) is 158 cm³/mol. The number of benzene rings is 3. The summed E-state index contributed by atoms with van der Waals surface area (Å²) in [5.41, 5.74) is 2.66. The third-order valence-electron chi connectivity index (χ3n) is 6.01. The van der Waals surface area contributed by atoms with Gasteiger partial charge < -0.3 is 19.2 Å². The highest BCUT2D eigenvalue weighted by molar-refractivity contribution is 7.20. The fraction of sp³-hybridized carbons (Fsp3) is 0.129. The van der Waals surface area contributed by atoms with E-state index >= 15 is 0 Å². The number of anilines is 1. The Morgan fingerprint density at radius 1 is 0.975 bits per heavy atom. The molecule has 0 saturated heterocycles. The van der Waals surface area contributed by atoms with Crippen LogP contribution < -0.4 is 15.5 Å². The van der Waals surface area contributed by atoms with Crippen LogP contribution in [0, 0.1) is 6.92 Å². The van der Waals surface area contributed by atoms with Gasteiger partial charge in [-0.1, -0.05) is 71.8 Å². The summed E-state index contributed by atoms with van der Waals surface area (Å²) in [5.74, 6) is -1.03. The molecule has 40 heavy (non-hydrogen) atoms. The molecular formula is C31H24ClNO6S. The smallest absolute Gasteiger partial charge is 0.341 e. The van der Waals surface area contributed by atoms with Crippen LogP contribution in [0.5, 0.6) is 5.75 Å². The number of rotatable bonds is 8. The van der Waals surface area contributed by atoms with Crippen molar-refractivity contribution in [2.75, 3.05) is 18.5 Å². The molecule has 0 aliphatic heterocycles. The monoisotopic (exact) mass is 573 g/mol. The van der Waals surface area contributed by atoms with E-state index in [9.17, 15) is 14.4 Å². The lowest BCUT2D eigenvalue weighted by atomic mass is 10.1. The van der Waals surface area contributed by atoms with Crippen molar-refractivity contribution in [2.24, 2.45) is 0 Å². The van der Waals surface area contributed by atoms with Gasteiger partial charge in [0.15, 0.2) is 12.4 Å². The van der Waals surface area contributed by atoms with Crippen molar-refractivity contribution in [2.45, 2.75) is 13.8 Å². The van der Waals surface area contributed by atoms with Crippen LogP contribution in [0.1, 0.15) is 22.8 Å². The largest absolute Gasteiger partial charge is 0.476 e. The Morgan fingerprint density at radius 3 is 2.45 bits per heavy atom. The molecule has 0 aliphatic carbocycles. The minimum Gasteiger partial charge on any atom is -0.476 e. The highest BCUT2D eigenvalue weighted by Crippen LogP contribution is 2.36. The number of hydrogen-bond donors (Lipinski definition) is 1. The Morgan fingerprint density at radius 2 is 1.73 bits per heavy atom. The number of fused-ring (bicyclic) bond motifs is 1. The van der Waals surface area contributed by atoms with Crippen LogP contribution >= 0.6 is 22.9 Å². The second-order valence-electron chi connectivity index (χ2n) is 8.87. The molecule has 7 nitrogen and oxygen atoms in total. The Kier molecular flexibility index (Phi) is 8.00. The summed E-state index contributed by atoms with van der Waals surface area (Å²) in [6.07, 6.45) is 0. The van der Waals surface area contributed by atoms with Crippen molar-refractivity contribution in [3.8, 4) is 27.5 Å². The van der Waals surface area contributed by atoms with Gasteiger partial charge >= 0.3 is 5.97 Å². The van der Waals surface area contributed by atoms with Gasteiger partial charge in [0.05, 0.1) is 17.6 Å². The van der Waals surface area contributed by atoms with E-state index in [-0.39, 0.29) is 29.1 Å². The minimum absolute atomic E-state index is 0.115. The van der Waals surface area contributed by atoms with Crippen molar-refractivity contribution in [3.05, 3.63) is 105 Å². The van der Waals surface area contributed by atoms with Crippen LogP contribution in [-0.2, 0) is 9.53 Å². The molecule has 0 unspecified atom stereocenters. The molecule has 0 fully saturated rings. The summed E-state index contributed by atoms with van der Waals surface area (Å²) in [6, 6.07) is 23.3. The zero-order chi connectivity index (χ0) is 28.2. The molecule has 1 N–H and O–H groups in total. The Balaban J connectivity index is 1.45. The zero-order valence-electron chi connectivity index (χ0n) is 21.7. The normalized spacial score (nSPS) is 10.9. The lowest BCUT2D eigenvalue weighted by Crippen LogP contribution is -2.23. The number of halogens is 1. The van der Waals surface area contributed by atoms with E-state index < -0.39 is 23.9 Å². The average Bonchev–Trinajstić information content (AvgIpc) is 3.37. The highest BCUT2D eigenvalue weighted by atomic mass is 35.5. The number of ether oxygens (including phenoxy) is 2. The number of amides is 1. The molecule has 0 saturated carbocycles. The van der Waals surface area contributed by atoms with Crippen molar-refractivity contribution in [3.63, 3.8) is 0 Å². The quantitative estimate of drug-likeness (QED) is 0.195. The molecule has 0 bridgehead atoms. The van der Waals surface area contributed by atoms with E-state index in [1.54, 1.807) is 25.1 Å². The number of thiophene rings is 1. The van der Waals surface area contributed by atoms with Crippen molar-refractivity contribution < 1.29 is 23.5 Å². The van der Waals surface area contributed by atoms with Gasteiger partial charge in [-0.15, -0.1) is 11.3 Å². The molecule has 202 valence electrons. The first-order valence-corrected chi connectivity index (χ1v) is 13.7. The van der Waals surface area contributed by atoms with Crippen LogP contribution in [0.2, 0.25) is 5.02 Å². The number of hydrogen-bond acceptors (Lipinski definition) is 7. The topological polar surface area (TPSA) is 94.8 Å². The molecular weight excluding hydrogens is 550 g/mol. The molecule has 0 atom stereocenters. The first-order valence-electron chi connectivity index (χ1n) is 12.5. The molecule has 5 rings (SSSR count). The van der Waals surface area contributed by atoms with E-state index in [1.165, 1.54) is 17.4 Å². The molecule has 0 spiro atoms. The van der Waals surface area contributed by atoms with Crippen molar-refractivity contribution in [1.29, 1.82) is 0 Å². The average molecular weight is 574 g/mol. The highest BCUT2D eigenvalue weighted by Gasteiger charge is 2.22. The van der Waals surface area contributed by atoms with Crippen LogP contribution in [0.3, 0.4) is 0 Å². The molecule has 2 heterocycles. The number of carbonyl (C=O) groups is 2. The fourth-order valence-corrected chi connectivity index (χ4v) is 5.31. The lowest BCUT2D eigenvalue weighted by molar-refractivity contribution is -0.118. The molecule has 1 amide bonds. The maximum atomic E-state index is 13.5. The third-order valence-corrected chi connectivity index (χ3v) is 7.35. The summed E-state index contributed by atoms with van der Waals surface area (Å²) in [5, 5.41) is 3.66. The molecule has 2 aromatic heterocycles. The second kappa shape index (κ2) is 11.8. The fourth-order valence-electron chi connectivity index (χ4n) is 4.07. The Bertz CT molecular complexity index is 1760. The maximum absolute atomic E-state index is 13.5. The van der Waals surface area contributed by atoms with Crippen LogP contribution in [0.25, 0.3) is 32.7 Å². The zero-order valence-corrected chi connectivity index (χ0v) is 23.2. The lowest BCUT2D eigenvalue weighted by Gasteiger charge is -2.12. The van der Waals surface area contributed by atoms with E-state index in [0.29, 0.717) is 21.2 Å². The molecule has 0 aliphatic rings. The summed E-state index contributed by atoms with van der Waals surface area (Å²) >= 11 is 7.36. The standard InChI is InChI=1S/C31H24ClNO6S/c1-3-37-31(36)23-16-25(19-7-5-4-6-8-19)40-30(23)33-26(34)17-38-29-27(35)22-15-21(32)13-14-24(22)39-28(29)20-11-9-18(2)10-12-20/h4-16H,3,17H2,1-2H3,(H,33,34). The SMILES string of the molecule is CCOC(=O)c1cc(-c2ccccc2)sc1NC(=O)COc1c(-c2ccc(C)cc2)oc2ccc(Cl)cc2c1=O. The number of carbonyl (C=O) groups excluding carboxylic acids is 2. The van der Waals surface area contributed by atoms with Gasteiger partial charge in [0.25, 0.3) is 5.91 Å². The first kappa shape index (κ1) is 27.2. The Hall–Kier alpha value is -4.40. The number of nitrogens with one attached hydrogen (secondary N) is 1. The summed E-state index contributed by atoms with van der Waals surface area (Å²) in [6.45, 7) is 3.34. The van der Waals surface area contributed by atoms with Gasteiger partial charge in [0, 0.05) is 15.5 Å². The second-order valence-corrected chi connectivity index (χ2v) is 10.4. The maximum Gasteiger partial charge on any atom is 0.341 e. The Labute approximate surface area is 238 Å². The van der Waals surface area contributed by atoms with Gasteiger partial charge in [-0.3, -0.25) is 9.59 Å². The minimum atomic E-state index is -0.563. The van der Waals surface area contributed by atoms with E-state index in [0.717, 1.165) is 16.0 Å². The van der Waals surface area contributed by atoms with Gasteiger partial charge in [0.1, 0.15) is 10.6 Å². The number of aryl methyl sites for hydroxylation is 1. The van der Waals surface area contributed by atoms with Crippen LogP contribution in [-0.4, -0.2) is 25.1 Å². The van der Waals surface area contributed by atoms with Gasteiger partial charge in [0.2, 0.25) is 11.2 Å². The molecule has 5 aromatic rings. The summed E-state index contributed by atoms with van der Waals surface area (Å²) in [4.78, 5) is 39.9. The van der Waals surface area contributed by atoms with Gasteiger partial charge in [-0.05, 0) is 43.7 Å². The predicted octanol–water partition coefficient (Wildman–Crippen LogP) is 7.34. The van der Waals surface area contributed by atoms with E-state index in [1.807, 2.05) is 61.5 Å². The van der Waals surface area contributed by atoms with E-state index in [2.05, 4.69) is 5.32 Å². The summed E-state index contributed by atoms with van der Waals surface area (Å²) in [7, 11) is 0.